The van der Waals surface area contributed by atoms with E-state index in [-0.39, 0.29) is 5.82 Å². The van der Waals surface area contributed by atoms with Crippen LogP contribution in [0.3, 0.4) is 0 Å². The topological polar surface area (TPSA) is 26.2 Å². The first-order chi connectivity index (χ1) is 9.69. The van der Waals surface area contributed by atoms with Gasteiger partial charge in [0.15, 0.2) is 0 Å². The first-order valence-corrected chi connectivity index (χ1v) is 7.26. The van der Waals surface area contributed by atoms with Crippen molar-refractivity contribution in [3.8, 4) is 0 Å². The van der Waals surface area contributed by atoms with Crippen LogP contribution in [0, 0.1) is 5.82 Å². The van der Waals surface area contributed by atoms with Gasteiger partial charge in [0, 0.05) is 49.2 Å². The Morgan fingerprint density at radius 3 is 3.00 bits per heavy atom. The van der Waals surface area contributed by atoms with Crippen LogP contribution in [-0.4, -0.2) is 24.8 Å². The molecule has 108 valence electrons. The Bertz CT molecular complexity index is 557. The van der Waals surface area contributed by atoms with E-state index < -0.39 is 0 Å². The van der Waals surface area contributed by atoms with Crippen LogP contribution >= 0.6 is 15.9 Å². The summed E-state index contributed by atoms with van der Waals surface area (Å²) in [6.45, 7) is 2.84. The molecule has 0 bridgehead atoms. The molecule has 2 aromatic rings. The molecular formula is C15H18BrFN2O. The van der Waals surface area contributed by atoms with Crippen LogP contribution < -0.4 is 5.32 Å². The van der Waals surface area contributed by atoms with Crippen molar-refractivity contribution in [3.63, 3.8) is 0 Å². The van der Waals surface area contributed by atoms with Crippen molar-refractivity contribution in [2.75, 3.05) is 20.3 Å². The van der Waals surface area contributed by atoms with Crippen LogP contribution in [0.2, 0.25) is 0 Å². The fourth-order valence-electron chi connectivity index (χ4n) is 1.96. The molecule has 0 atom stereocenters. The van der Waals surface area contributed by atoms with E-state index in [4.69, 9.17) is 4.74 Å². The summed E-state index contributed by atoms with van der Waals surface area (Å²) in [5, 5.41) is 3.28. The minimum atomic E-state index is -0.179. The normalized spacial score (nSPS) is 10.9. The summed E-state index contributed by atoms with van der Waals surface area (Å²) < 4.78 is 21.5. The van der Waals surface area contributed by atoms with Gasteiger partial charge in [0.1, 0.15) is 5.82 Å². The Balaban J connectivity index is 1.93. The van der Waals surface area contributed by atoms with E-state index in [9.17, 15) is 4.39 Å². The van der Waals surface area contributed by atoms with Crippen molar-refractivity contribution in [2.24, 2.45) is 0 Å². The monoisotopic (exact) mass is 340 g/mol. The lowest BCUT2D eigenvalue weighted by Gasteiger charge is -2.06. The summed E-state index contributed by atoms with van der Waals surface area (Å²) in [5.74, 6) is -0.179. The first kappa shape index (κ1) is 15.2. The first-order valence-electron chi connectivity index (χ1n) is 6.47. The van der Waals surface area contributed by atoms with Crippen molar-refractivity contribution in [1.29, 1.82) is 0 Å². The van der Waals surface area contributed by atoms with Crippen molar-refractivity contribution in [2.45, 2.75) is 13.1 Å². The molecule has 0 saturated carbocycles. The number of methoxy groups -OCH3 is 1. The predicted octanol–water partition coefficient (Wildman–Crippen LogP) is 3.17. The molecule has 0 aliphatic rings. The van der Waals surface area contributed by atoms with E-state index in [2.05, 4.69) is 21.2 Å². The summed E-state index contributed by atoms with van der Waals surface area (Å²) >= 11 is 3.37. The number of ether oxygens (including phenoxy) is 1. The lowest BCUT2D eigenvalue weighted by Crippen LogP contribution is -2.18. The molecule has 20 heavy (non-hydrogen) atoms. The maximum Gasteiger partial charge on any atom is 0.128 e. The SMILES string of the molecule is COCCNCc1ccn(Cc2cc(Br)ccc2F)c1. The van der Waals surface area contributed by atoms with Crippen LogP contribution in [-0.2, 0) is 17.8 Å². The second kappa shape index (κ2) is 7.57. The zero-order valence-electron chi connectivity index (χ0n) is 11.4. The Kier molecular flexibility index (Phi) is 5.76. The van der Waals surface area contributed by atoms with Crippen molar-refractivity contribution >= 4 is 15.9 Å². The third kappa shape index (κ3) is 4.44. The summed E-state index contributed by atoms with van der Waals surface area (Å²) in [6, 6.07) is 7.04. The summed E-state index contributed by atoms with van der Waals surface area (Å²) in [6.07, 6.45) is 3.99. The highest BCUT2D eigenvalue weighted by molar-refractivity contribution is 9.10. The maximum atomic E-state index is 13.7. The van der Waals surface area contributed by atoms with Crippen LogP contribution in [0.5, 0.6) is 0 Å². The van der Waals surface area contributed by atoms with Crippen LogP contribution in [0.15, 0.2) is 41.1 Å². The van der Waals surface area contributed by atoms with Gasteiger partial charge in [-0.15, -0.1) is 0 Å². The lowest BCUT2D eigenvalue weighted by atomic mass is 10.2. The van der Waals surface area contributed by atoms with Crippen LogP contribution in [0.1, 0.15) is 11.1 Å². The Morgan fingerprint density at radius 1 is 1.35 bits per heavy atom. The second-order valence-corrected chi connectivity index (χ2v) is 5.51. The minimum absolute atomic E-state index is 0.179. The molecule has 1 aromatic heterocycles. The number of halogens is 2. The number of rotatable bonds is 7. The maximum absolute atomic E-state index is 13.7. The highest BCUT2D eigenvalue weighted by Gasteiger charge is 2.04. The van der Waals surface area contributed by atoms with Gasteiger partial charge in [0.05, 0.1) is 6.61 Å². The predicted molar refractivity (Wildman–Crippen MR) is 81.2 cm³/mol. The third-order valence-electron chi connectivity index (χ3n) is 2.98. The van der Waals surface area contributed by atoms with Gasteiger partial charge < -0.3 is 14.6 Å². The third-order valence-corrected chi connectivity index (χ3v) is 3.48. The largest absolute Gasteiger partial charge is 0.383 e. The highest BCUT2D eigenvalue weighted by Crippen LogP contribution is 2.17. The molecule has 1 aromatic carbocycles. The standard InChI is InChI=1S/C15H18BrFN2O/c1-20-7-5-18-9-12-4-6-19(10-12)11-13-8-14(16)2-3-15(13)17/h2-4,6,8,10,18H,5,7,9,11H2,1H3. The van der Waals surface area contributed by atoms with Crippen LogP contribution in [0.25, 0.3) is 0 Å². The highest BCUT2D eigenvalue weighted by atomic mass is 79.9. The molecule has 0 saturated heterocycles. The molecule has 0 unspecified atom stereocenters. The lowest BCUT2D eigenvalue weighted by molar-refractivity contribution is 0.199. The van der Waals surface area contributed by atoms with Gasteiger partial charge in [0.2, 0.25) is 0 Å². The Labute approximate surface area is 126 Å². The fraction of sp³-hybridized carbons (Fsp3) is 0.333. The molecule has 0 amide bonds. The van der Waals surface area contributed by atoms with E-state index in [1.165, 1.54) is 11.6 Å². The molecule has 0 radical (unpaired) electrons. The summed E-state index contributed by atoms with van der Waals surface area (Å²) in [4.78, 5) is 0. The van der Waals surface area contributed by atoms with Gasteiger partial charge in [-0.2, -0.15) is 0 Å². The molecule has 1 N–H and O–H groups in total. The Hall–Kier alpha value is -1.17. The molecule has 0 aliphatic carbocycles. The second-order valence-electron chi connectivity index (χ2n) is 4.60. The molecule has 0 aliphatic heterocycles. The fourth-order valence-corrected chi connectivity index (χ4v) is 2.37. The van der Waals surface area contributed by atoms with E-state index >= 15 is 0 Å². The van der Waals surface area contributed by atoms with Gasteiger partial charge in [-0.25, -0.2) is 4.39 Å². The van der Waals surface area contributed by atoms with Gasteiger partial charge in [-0.1, -0.05) is 15.9 Å². The molecule has 1 heterocycles. The van der Waals surface area contributed by atoms with Gasteiger partial charge in [0.25, 0.3) is 0 Å². The molecule has 0 spiro atoms. The number of aromatic nitrogens is 1. The number of nitrogens with zero attached hydrogens (tertiary/aromatic N) is 1. The zero-order chi connectivity index (χ0) is 14.4. The average molecular weight is 341 g/mol. The summed E-state index contributed by atoms with van der Waals surface area (Å²) in [5.41, 5.74) is 1.85. The zero-order valence-corrected chi connectivity index (χ0v) is 13.0. The van der Waals surface area contributed by atoms with E-state index in [1.807, 2.05) is 29.1 Å². The van der Waals surface area contributed by atoms with E-state index in [1.54, 1.807) is 13.2 Å². The smallest absolute Gasteiger partial charge is 0.128 e. The van der Waals surface area contributed by atoms with E-state index in [0.717, 1.165) is 17.6 Å². The van der Waals surface area contributed by atoms with Crippen molar-refractivity contribution in [3.05, 3.63) is 58.1 Å². The number of hydrogen-bond acceptors (Lipinski definition) is 2. The van der Waals surface area contributed by atoms with Gasteiger partial charge >= 0.3 is 0 Å². The number of nitrogens with one attached hydrogen (secondary N) is 1. The van der Waals surface area contributed by atoms with Crippen LogP contribution in [0.4, 0.5) is 4.39 Å². The minimum Gasteiger partial charge on any atom is -0.383 e. The average Bonchev–Trinajstić information content (AvgIpc) is 2.87. The van der Waals surface area contributed by atoms with Crippen molar-refractivity contribution in [1.82, 2.24) is 9.88 Å². The number of hydrogen-bond donors (Lipinski definition) is 1. The molecule has 2 rings (SSSR count). The molecular weight excluding hydrogens is 323 g/mol. The summed E-state index contributed by atoms with van der Waals surface area (Å²) in [7, 11) is 1.69. The number of benzene rings is 1. The molecule has 3 nitrogen and oxygen atoms in total. The van der Waals surface area contributed by atoms with Gasteiger partial charge in [-0.3, -0.25) is 0 Å². The van der Waals surface area contributed by atoms with Gasteiger partial charge in [-0.05, 0) is 29.8 Å². The van der Waals surface area contributed by atoms with Crippen molar-refractivity contribution < 1.29 is 9.13 Å². The van der Waals surface area contributed by atoms with E-state index in [0.29, 0.717) is 18.7 Å². The molecule has 5 heteroatoms. The Morgan fingerprint density at radius 2 is 2.20 bits per heavy atom. The quantitative estimate of drug-likeness (QED) is 0.783. The molecule has 0 fully saturated rings.